The lowest BCUT2D eigenvalue weighted by atomic mass is 10.7. The van der Waals surface area contributed by atoms with Gasteiger partial charge in [0.2, 0.25) is 0 Å². The van der Waals surface area contributed by atoms with Gasteiger partial charge in [-0.1, -0.05) is 27.5 Å². The Morgan fingerprint density at radius 2 is 2.40 bits per heavy atom. The van der Waals surface area contributed by atoms with E-state index in [1.165, 1.54) is 0 Å². The van der Waals surface area contributed by atoms with Gasteiger partial charge in [0, 0.05) is 0 Å². The summed E-state index contributed by atoms with van der Waals surface area (Å²) >= 11 is 9.90. The molecule has 0 aromatic carbocycles. The monoisotopic (exact) mass is 240 g/mol. The highest BCUT2D eigenvalue weighted by Crippen LogP contribution is 2.13. The van der Waals surface area contributed by atoms with E-state index >= 15 is 0 Å². The summed E-state index contributed by atoms with van der Waals surface area (Å²) in [6.45, 7) is 0. The Hall–Kier alpha value is 0.140. The largest absolute Gasteiger partial charge is 0.302 e. The van der Waals surface area contributed by atoms with Crippen LogP contribution >= 0.6 is 38.9 Å². The maximum Gasteiger partial charge on any atom is 0.130 e. The van der Waals surface area contributed by atoms with Crippen molar-refractivity contribution in [2.75, 3.05) is 5.33 Å². The molecule has 1 nitrogen and oxygen atoms in total. The van der Waals surface area contributed by atoms with Crippen LogP contribution in [-0.2, 0) is 4.79 Å². The molecule has 1 aromatic rings. The van der Waals surface area contributed by atoms with Gasteiger partial charge in [-0.15, -0.1) is 11.3 Å². The quantitative estimate of drug-likeness (QED) is 0.546. The maximum atomic E-state index is 9.13. The second kappa shape index (κ2) is 7.25. The average Bonchev–Trinajstić information content (AvgIpc) is 2.40. The summed E-state index contributed by atoms with van der Waals surface area (Å²) < 4.78 is 0.856. The number of carbonyl (C=O) groups is 1. The number of hydrogen-bond donors (Lipinski definition) is 0. The molecule has 56 valence electrons. The molecule has 0 fully saturated rings. The number of carbonyl (C=O) groups excluding carboxylic acids is 1. The lowest BCUT2D eigenvalue weighted by Crippen LogP contribution is -1.61. The predicted molar refractivity (Wildman–Crippen MR) is 49.2 cm³/mol. The number of alkyl halides is 1. The molecule has 0 amide bonds. The Morgan fingerprint density at radius 3 is 2.50 bits per heavy atom. The molecule has 0 saturated carbocycles. The third-order valence-electron chi connectivity index (χ3n) is 0.549. The smallest absolute Gasteiger partial charge is 0.130 e. The molecule has 1 aromatic heterocycles. The zero-order chi connectivity index (χ0) is 7.82. The van der Waals surface area contributed by atoms with Crippen molar-refractivity contribution >= 4 is 45.2 Å². The van der Waals surface area contributed by atoms with Crippen molar-refractivity contribution in [2.24, 2.45) is 0 Å². The van der Waals surface area contributed by atoms with Crippen LogP contribution in [0.15, 0.2) is 17.5 Å². The van der Waals surface area contributed by atoms with Gasteiger partial charge in [0.15, 0.2) is 0 Å². The fourth-order valence-corrected chi connectivity index (χ4v) is 0.930. The van der Waals surface area contributed by atoms with Gasteiger partial charge in [-0.3, -0.25) is 0 Å². The highest BCUT2D eigenvalue weighted by molar-refractivity contribution is 9.09. The molecule has 0 aliphatic carbocycles. The molecule has 0 atom stereocenters. The highest BCUT2D eigenvalue weighted by atomic mass is 79.9. The lowest BCUT2D eigenvalue weighted by molar-refractivity contribution is -0.105. The van der Waals surface area contributed by atoms with Crippen molar-refractivity contribution in [3.63, 3.8) is 0 Å². The molecule has 1 heterocycles. The Balaban J connectivity index is 0.000000180. The minimum Gasteiger partial charge on any atom is -0.302 e. The molecule has 0 radical (unpaired) electrons. The molecule has 1 rings (SSSR count). The molecular formula is C6H6BrClOS. The second-order valence-electron chi connectivity index (χ2n) is 1.24. The minimum absolute atomic E-state index is 0.451. The molecule has 10 heavy (non-hydrogen) atoms. The lowest BCUT2D eigenvalue weighted by Gasteiger charge is -1.62. The van der Waals surface area contributed by atoms with Gasteiger partial charge < -0.3 is 4.79 Å². The van der Waals surface area contributed by atoms with Crippen LogP contribution in [0.3, 0.4) is 0 Å². The maximum absolute atomic E-state index is 9.13. The van der Waals surface area contributed by atoms with E-state index < -0.39 is 0 Å². The topological polar surface area (TPSA) is 17.1 Å². The van der Waals surface area contributed by atoms with Gasteiger partial charge >= 0.3 is 0 Å². The highest BCUT2D eigenvalue weighted by Gasteiger charge is 1.77. The number of halogens is 2. The molecular weight excluding hydrogens is 235 g/mol. The number of thiophene rings is 1. The van der Waals surface area contributed by atoms with Crippen LogP contribution in [-0.4, -0.2) is 11.6 Å². The van der Waals surface area contributed by atoms with Crippen molar-refractivity contribution < 1.29 is 4.79 Å². The summed E-state index contributed by atoms with van der Waals surface area (Å²) in [5.74, 6) is 0. The van der Waals surface area contributed by atoms with E-state index in [2.05, 4.69) is 15.9 Å². The van der Waals surface area contributed by atoms with E-state index in [4.69, 9.17) is 16.4 Å². The van der Waals surface area contributed by atoms with Crippen molar-refractivity contribution in [3.8, 4) is 0 Å². The summed E-state index contributed by atoms with van der Waals surface area (Å²) in [7, 11) is 0. The summed E-state index contributed by atoms with van der Waals surface area (Å²) in [4.78, 5) is 9.13. The molecule has 0 aliphatic rings. The summed E-state index contributed by atoms with van der Waals surface area (Å²) in [6.07, 6.45) is 0.792. The fraction of sp³-hybridized carbons (Fsp3) is 0.167. The van der Waals surface area contributed by atoms with E-state index in [9.17, 15) is 0 Å². The zero-order valence-electron chi connectivity index (χ0n) is 5.09. The minimum atomic E-state index is 0.451. The fourth-order valence-electron chi connectivity index (χ4n) is 0.259. The average molecular weight is 242 g/mol. The molecule has 0 N–H and O–H groups in total. The number of hydrogen-bond acceptors (Lipinski definition) is 2. The molecule has 0 aliphatic heterocycles. The van der Waals surface area contributed by atoms with E-state index in [0.29, 0.717) is 5.33 Å². The Morgan fingerprint density at radius 1 is 1.80 bits per heavy atom. The van der Waals surface area contributed by atoms with Gasteiger partial charge in [-0.25, -0.2) is 0 Å². The van der Waals surface area contributed by atoms with Gasteiger partial charge in [0.25, 0.3) is 0 Å². The Labute approximate surface area is 77.1 Å². The summed E-state index contributed by atoms with van der Waals surface area (Å²) in [6, 6.07) is 3.79. The van der Waals surface area contributed by atoms with Crippen LogP contribution in [0, 0.1) is 0 Å². The van der Waals surface area contributed by atoms with Gasteiger partial charge in [0.1, 0.15) is 6.29 Å². The van der Waals surface area contributed by atoms with Crippen LogP contribution in [0.5, 0.6) is 0 Å². The second-order valence-corrected chi connectivity index (χ2v) is 3.46. The first-order valence-corrected chi connectivity index (χ1v) is 4.87. The molecule has 0 unspecified atom stereocenters. The van der Waals surface area contributed by atoms with Crippen molar-refractivity contribution in [1.29, 1.82) is 0 Å². The van der Waals surface area contributed by atoms with Gasteiger partial charge in [-0.05, 0) is 17.5 Å². The van der Waals surface area contributed by atoms with E-state index in [-0.39, 0.29) is 0 Å². The van der Waals surface area contributed by atoms with Crippen LogP contribution in [0.1, 0.15) is 0 Å². The van der Waals surface area contributed by atoms with Crippen molar-refractivity contribution in [2.45, 2.75) is 0 Å². The first-order valence-electron chi connectivity index (χ1n) is 2.50. The predicted octanol–water partition coefficient (Wildman–Crippen LogP) is 2.98. The van der Waals surface area contributed by atoms with Crippen LogP contribution < -0.4 is 0 Å². The Bertz CT molecular complexity index is 164. The number of aldehydes is 1. The van der Waals surface area contributed by atoms with Gasteiger partial charge in [0.05, 0.1) is 9.67 Å². The third kappa shape index (κ3) is 6.26. The van der Waals surface area contributed by atoms with Crippen LogP contribution in [0.2, 0.25) is 4.34 Å². The standard InChI is InChI=1S/C4H3ClS.C2H3BrO/c5-4-2-1-3-6-4;3-1-2-4/h1-3H;2H,1H2. The van der Waals surface area contributed by atoms with Crippen molar-refractivity contribution in [1.82, 2.24) is 0 Å². The van der Waals surface area contributed by atoms with Gasteiger partial charge in [-0.2, -0.15) is 0 Å². The Kier molecular flexibility index (Phi) is 7.35. The third-order valence-corrected chi connectivity index (χ3v) is 1.86. The summed E-state index contributed by atoms with van der Waals surface area (Å²) in [5, 5.41) is 2.40. The first kappa shape index (κ1) is 10.1. The SMILES string of the molecule is Clc1cccs1.O=CCBr. The molecule has 0 saturated heterocycles. The zero-order valence-corrected chi connectivity index (χ0v) is 8.25. The van der Waals surface area contributed by atoms with Crippen LogP contribution in [0.25, 0.3) is 0 Å². The van der Waals surface area contributed by atoms with Crippen molar-refractivity contribution in [3.05, 3.63) is 21.8 Å². The molecule has 4 heteroatoms. The summed E-state index contributed by atoms with van der Waals surface area (Å²) in [5.41, 5.74) is 0. The normalized spacial score (nSPS) is 7.80. The van der Waals surface area contributed by atoms with E-state index in [1.54, 1.807) is 11.3 Å². The molecule has 0 spiro atoms. The van der Waals surface area contributed by atoms with Crippen LogP contribution in [0.4, 0.5) is 0 Å². The number of rotatable bonds is 1. The first-order chi connectivity index (χ1) is 4.81. The van der Waals surface area contributed by atoms with E-state index in [1.807, 2.05) is 17.5 Å². The van der Waals surface area contributed by atoms with E-state index in [0.717, 1.165) is 10.6 Å². The molecule has 0 bridgehead atoms.